The van der Waals surface area contributed by atoms with Gasteiger partial charge in [0.25, 0.3) is 5.91 Å². The first-order chi connectivity index (χ1) is 12.6. The highest BCUT2D eigenvalue weighted by atomic mass is 32.2. The van der Waals surface area contributed by atoms with Gasteiger partial charge in [-0.15, -0.1) is 0 Å². The van der Waals surface area contributed by atoms with E-state index in [0.29, 0.717) is 5.56 Å². The summed E-state index contributed by atoms with van der Waals surface area (Å²) >= 11 is 0. The van der Waals surface area contributed by atoms with E-state index in [4.69, 9.17) is 0 Å². The Morgan fingerprint density at radius 1 is 1.07 bits per heavy atom. The number of benzene rings is 2. The Kier molecular flexibility index (Phi) is 6.69. The van der Waals surface area contributed by atoms with Crippen molar-refractivity contribution in [2.24, 2.45) is 0 Å². The van der Waals surface area contributed by atoms with E-state index in [2.05, 4.69) is 5.32 Å². The summed E-state index contributed by atoms with van der Waals surface area (Å²) in [5, 5.41) is 2.82. The first-order valence-corrected chi connectivity index (χ1v) is 9.79. The molecule has 1 unspecified atom stereocenters. The molecule has 2 rings (SSSR count). The molecule has 1 N–H and O–H groups in total. The van der Waals surface area contributed by atoms with Gasteiger partial charge in [0.2, 0.25) is 10.0 Å². The van der Waals surface area contributed by atoms with E-state index in [1.165, 1.54) is 50.5 Å². The van der Waals surface area contributed by atoms with Gasteiger partial charge in [0, 0.05) is 26.2 Å². The Labute approximate surface area is 159 Å². The third-order valence-electron chi connectivity index (χ3n) is 4.21. The van der Waals surface area contributed by atoms with Crippen LogP contribution < -0.4 is 5.32 Å². The molecule has 0 fully saturated rings. The lowest BCUT2D eigenvalue weighted by Crippen LogP contribution is -2.34. The van der Waals surface area contributed by atoms with Crippen LogP contribution in [-0.4, -0.2) is 58.3 Å². The smallest absolute Gasteiger partial charge is 0.251 e. The fourth-order valence-electron chi connectivity index (χ4n) is 2.59. The van der Waals surface area contributed by atoms with Crippen molar-refractivity contribution in [3.05, 3.63) is 65.5 Å². The van der Waals surface area contributed by atoms with Crippen molar-refractivity contribution in [2.45, 2.75) is 10.9 Å². The van der Waals surface area contributed by atoms with Crippen LogP contribution in [0.4, 0.5) is 4.39 Å². The monoisotopic (exact) mass is 393 g/mol. The molecule has 0 radical (unpaired) electrons. The summed E-state index contributed by atoms with van der Waals surface area (Å²) in [6, 6.07) is 11.8. The minimum Gasteiger partial charge on any atom is -0.350 e. The number of rotatable bonds is 7. The zero-order valence-electron chi connectivity index (χ0n) is 15.8. The van der Waals surface area contributed by atoms with Crippen molar-refractivity contribution in [2.75, 3.05) is 34.7 Å². The Morgan fingerprint density at radius 2 is 1.70 bits per heavy atom. The zero-order chi connectivity index (χ0) is 20.2. The van der Waals surface area contributed by atoms with Crippen molar-refractivity contribution >= 4 is 15.9 Å². The molecule has 0 spiro atoms. The number of likely N-dealkylation sites (N-methyl/N-ethyl adjacent to an activating group) is 1. The van der Waals surface area contributed by atoms with E-state index in [1.807, 2.05) is 19.0 Å². The van der Waals surface area contributed by atoms with Crippen LogP contribution in [0.2, 0.25) is 0 Å². The third kappa shape index (κ3) is 5.12. The van der Waals surface area contributed by atoms with Crippen molar-refractivity contribution in [3.63, 3.8) is 0 Å². The maximum Gasteiger partial charge on any atom is 0.251 e. The summed E-state index contributed by atoms with van der Waals surface area (Å²) in [4.78, 5) is 14.4. The third-order valence-corrected chi connectivity index (χ3v) is 6.04. The maximum atomic E-state index is 13.5. The summed E-state index contributed by atoms with van der Waals surface area (Å²) in [5.41, 5.74) is 1.11. The van der Waals surface area contributed by atoms with Crippen LogP contribution in [0.5, 0.6) is 0 Å². The van der Waals surface area contributed by atoms with Gasteiger partial charge < -0.3 is 10.2 Å². The number of sulfonamides is 1. The molecular formula is C19H24FN3O3S. The van der Waals surface area contributed by atoms with Crippen LogP contribution in [0.1, 0.15) is 22.0 Å². The van der Waals surface area contributed by atoms with Crippen LogP contribution >= 0.6 is 0 Å². The van der Waals surface area contributed by atoms with Crippen molar-refractivity contribution in [1.29, 1.82) is 0 Å². The summed E-state index contributed by atoms with van der Waals surface area (Å²) < 4.78 is 38.8. The molecule has 146 valence electrons. The summed E-state index contributed by atoms with van der Waals surface area (Å²) in [6.45, 7) is 0.285. The Bertz CT molecular complexity index is 897. The molecular weight excluding hydrogens is 369 g/mol. The minimum atomic E-state index is -3.54. The Morgan fingerprint density at radius 3 is 2.22 bits per heavy atom. The molecule has 0 heterocycles. The van der Waals surface area contributed by atoms with E-state index >= 15 is 0 Å². The van der Waals surface area contributed by atoms with Crippen molar-refractivity contribution < 1.29 is 17.6 Å². The lowest BCUT2D eigenvalue weighted by atomic mass is 10.1. The number of nitrogens with one attached hydrogen (secondary N) is 1. The summed E-state index contributed by atoms with van der Waals surface area (Å²) in [7, 11) is 3.06. The maximum absolute atomic E-state index is 13.5. The van der Waals surface area contributed by atoms with Gasteiger partial charge in [0.05, 0.1) is 10.9 Å². The van der Waals surface area contributed by atoms with Gasteiger partial charge in [-0.1, -0.05) is 12.1 Å². The average molecular weight is 393 g/mol. The second kappa shape index (κ2) is 8.60. The number of nitrogens with zero attached hydrogens (tertiary/aromatic N) is 2. The van der Waals surface area contributed by atoms with Crippen LogP contribution in [0, 0.1) is 5.82 Å². The fourth-order valence-corrected chi connectivity index (χ4v) is 3.49. The molecule has 0 aliphatic carbocycles. The summed E-state index contributed by atoms with van der Waals surface area (Å²) in [5.74, 6) is -0.657. The predicted octanol–water partition coefficient (Wildman–Crippen LogP) is 2.11. The van der Waals surface area contributed by atoms with Crippen LogP contribution in [-0.2, 0) is 10.0 Å². The molecule has 0 saturated heterocycles. The molecule has 27 heavy (non-hydrogen) atoms. The topological polar surface area (TPSA) is 69.7 Å². The molecule has 8 heteroatoms. The Hall–Kier alpha value is -2.29. The van der Waals surface area contributed by atoms with E-state index < -0.39 is 10.0 Å². The van der Waals surface area contributed by atoms with E-state index in [1.54, 1.807) is 12.1 Å². The van der Waals surface area contributed by atoms with E-state index in [9.17, 15) is 17.6 Å². The van der Waals surface area contributed by atoms with E-state index in [-0.39, 0.29) is 29.2 Å². The SMILES string of the molecule is CN(C)C(CNC(=O)c1ccc(S(=O)(=O)N(C)C)cc1)c1cccc(F)c1. The molecule has 6 nitrogen and oxygen atoms in total. The Balaban J connectivity index is 2.10. The van der Waals surface area contributed by atoms with Gasteiger partial charge in [-0.2, -0.15) is 0 Å². The lowest BCUT2D eigenvalue weighted by Gasteiger charge is -2.25. The molecule has 2 aromatic carbocycles. The van der Waals surface area contributed by atoms with Gasteiger partial charge in [0.15, 0.2) is 0 Å². The van der Waals surface area contributed by atoms with Crippen LogP contribution in [0.25, 0.3) is 0 Å². The number of carbonyl (C=O) groups is 1. The highest BCUT2D eigenvalue weighted by Crippen LogP contribution is 2.19. The highest BCUT2D eigenvalue weighted by molar-refractivity contribution is 7.89. The fraction of sp³-hybridized carbons (Fsp3) is 0.316. The first kappa shape index (κ1) is 21.0. The van der Waals surface area contributed by atoms with Crippen molar-refractivity contribution in [1.82, 2.24) is 14.5 Å². The second-order valence-electron chi connectivity index (χ2n) is 6.56. The van der Waals surface area contributed by atoms with Gasteiger partial charge in [-0.25, -0.2) is 17.1 Å². The average Bonchev–Trinajstić information content (AvgIpc) is 2.61. The van der Waals surface area contributed by atoms with Crippen molar-refractivity contribution in [3.8, 4) is 0 Å². The number of carbonyl (C=O) groups excluding carboxylic acids is 1. The van der Waals surface area contributed by atoms with Crippen LogP contribution in [0.15, 0.2) is 53.4 Å². The van der Waals surface area contributed by atoms with Gasteiger partial charge >= 0.3 is 0 Å². The van der Waals surface area contributed by atoms with Crippen LogP contribution in [0.3, 0.4) is 0 Å². The first-order valence-electron chi connectivity index (χ1n) is 8.35. The number of amides is 1. The molecule has 0 aliphatic heterocycles. The van der Waals surface area contributed by atoms with E-state index in [0.717, 1.165) is 9.87 Å². The normalized spacial score (nSPS) is 13.0. The number of halogens is 1. The molecule has 0 saturated carbocycles. The predicted molar refractivity (Wildman–Crippen MR) is 102 cm³/mol. The molecule has 0 aromatic heterocycles. The van der Waals surface area contributed by atoms with Gasteiger partial charge in [-0.3, -0.25) is 4.79 Å². The standard InChI is InChI=1S/C19H24FN3O3S/c1-22(2)18(15-6-5-7-16(20)12-15)13-21-19(24)14-8-10-17(11-9-14)27(25,26)23(3)4/h5-12,18H,13H2,1-4H3,(H,21,24). The van der Waals surface area contributed by atoms with Gasteiger partial charge in [-0.05, 0) is 56.1 Å². The zero-order valence-corrected chi connectivity index (χ0v) is 16.6. The quantitative estimate of drug-likeness (QED) is 0.782. The highest BCUT2D eigenvalue weighted by Gasteiger charge is 2.19. The number of hydrogen-bond donors (Lipinski definition) is 1. The number of hydrogen-bond acceptors (Lipinski definition) is 4. The molecule has 0 aliphatic rings. The molecule has 2 aromatic rings. The van der Waals surface area contributed by atoms with Gasteiger partial charge in [0.1, 0.15) is 5.82 Å². The molecule has 1 amide bonds. The largest absolute Gasteiger partial charge is 0.350 e. The second-order valence-corrected chi connectivity index (χ2v) is 8.71. The summed E-state index contributed by atoms with van der Waals surface area (Å²) in [6.07, 6.45) is 0. The lowest BCUT2D eigenvalue weighted by molar-refractivity contribution is 0.0942. The molecule has 0 bridgehead atoms. The molecule has 1 atom stereocenters. The minimum absolute atomic E-state index is 0.120.